The summed E-state index contributed by atoms with van der Waals surface area (Å²) in [5, 5.41) is 0. The van der Waals surface area contributed by atoms with E-state index >= 15 is 0 Å². The summed E-state index contributed by atoms with van der Waals surface area (Å²) in [5.41, 5.74) is 8.51. The molecule has 1 amide bonds. The molecule has 0 heterocycles. The molecule has 1 aromatic rings. The van der Waals surface area contributed by atoms with Crippen molar-refractivity contribution in [2.45, 2.75) is 20.3 Å². The van der Waals surface area contributed by atoms with Crippen LogP contribution in [0.25, 0.3) is 0 Å². The van der Waals surface area contributed by atoms with E-state index in [1.165, 1.54) is 16.7 Å². The summed E-state index contributed by atoms with van der Waals surface area (Å²) in [4.78, 5) is 10.3. The van der Waals surface area contributed by atoms with Crippen LogP contribution in [0.1, 0.15) is 16.7 Å². The fourth-order valence-corrected chi connectivity index (χ4v) is 1.39. The van der Waals surface area contributed by atoms with Crippen molar-refractivity contribution in [3.8, 4) is 0 Å². The average Bonchev–Trinajstić information content (AvgIpc) is 2.08. The predicted molar refractivity (Wildman–Crippen MR) is 55.2 cm³/mol. The lowest BCUT2D eigenvalue weighted by Gasteiger charge is -2.06. The van der Waals surface area contributed by atoms with E-state index in [0.717, 1.165) is 6.42 Å². The number of nitrogens with two attached hydrogens (primary N) is 1. The molecular formula is C11H15NO2. The summed E-state index contributed by atoms with van der Waals surface area (Å²) in [6, 6.07) is 6.21. The molecule has 0 aliphatic rings. The van der Waals surface area contributed by atoms with Crippen LogP contribution in [0.4, 0.5) is 4.79 Å². The molecule has 3 heteroatoms. The minimum Gasteiger partial charge on any atom is -0.449 e. The molecule has 0 aliphatic heterocycles. The zero-order valence-electron chi connectivity index (χ0n) is 8.54. The first-order chi connectivity index (χ1) is 6.59. The van der Waals surface area contributed by atoms with Gasteiger partial charge in [0.25, 0.3) is 0 Å². The van der Waals surface area contributed by atoms with Crippen LogP contribution in [0.3, 0.4) is 0 Å². The van der Waals surface area contributed by atoms with E-state index in [1.807, 2.05) is 13.0 Å². The van der Waals surface area contributed by atoms with Crippen LogP contribution >= 0.6 is 0 Å². The number of rotatable bonds is 3. The summed E-state index contributed by atoms with van der Waals surface area (Å²) in [6.07, 6.45) is 0.00413. The molecule has 1 aromatic carbocycles. The number of primary amides is 1. The third-order valence-corrected chi connectivity index (χ3v) is 2.11. The molecule has 0 unspecified atom stereocenters. The first-order valence-electron chi connectivity index (χ1n) is 4.58. The Morgan fingerprint density at radius 3 is 2.71 bits per heavy atom. The van der Waals surface area contributed by atoms with Gasteiger partial charge in [0.05, 0.1) is 6.61 Å². The SMILES string of the molecule is Cc1ccc(CCOC(N)=O)c(C)c1. The number of aryl methyl sites for hydroxylation is 2. The number of hydrogen-bond donors (Lipinski definition) is 1. The van der Waals surface area contributed by atoms with Crippen LogP contribution in [0.5, 0.6) is 0 Å². The zero-order chi connectivity index (χ0) is 10.6. The van der Waals surface area contributed by atoms with Crippen molar-refractivity contribution in [3.05, 3.63) is 34.9 Å². The van der Waals surface area contributed by atoms with Gasteiger partial charge in [0.2, 0.25) is 0 Å². The van der Waals surface area contributed by atoms with E-state index in [2.05, 4.69) is 23.8 Å². The molecular weight excluding hydrogens is 178 g/mol. The molecule has 0 aromatic heterocycles. The Morgan fingerprint density at radius 2 is 2.14 bits per heavy atom. The highest BCUT2D eigenvalue weighted by Gasteiger charge is 1.99. The Hall–Kier alpha value is -1.51. The van der Waals surface area contributed by atoms with E-state index in [1.54, 1.807) is 0 Å². The summed E-state index contributed by atoms with van der Waals surface area (Å²) in [5.74, 6) is 0. The monoisotopic (exact) mass is 193 g/mol. The third kappa shape index (κ3) is 3.09. The van der Waals surface area contributed by atoms with Crippen LogP contribution < -0.4 is 5.73 Å². The fourth-order valence-electron chi connectivity index (χ4n) is 1.39. The number of carbonyl (C=O) groups is 1. The maximum atomic E-state index is 10.3. The van der Waals surface area contributed by atoms with Crippen LogP contribution in [0.2, 0.25) is 0 Å². The van der Waals surface area contributed by atoms with Gasteiger partial charge < -0.3 is 10.5 Å². The minimum absolute atomic E-state index is 0.346. The molecule has 0 aliphatic carbocycles. The number of ether oxygens (including phenoxy) is 1. The fraction of sp³-hybridized carbons (Fsp3) is 0.364. The quantitative estimate of drug-likeness (QED) is 0.797. The summed E-state index contributed by atoms with van der Waals surface area (Å²) in [7, 11) is 0. The third-order valence-electron chi connectivity index (χ3n) is 2.11. The first kappa shape index (κ1) is 10.6. The topological polar surface area (TPSA) is 52.3 Å². The van der Waals surface area contributed by atoms with Crippen molar-refractivity contribution in [1.29, 1.82) is 0 Å². The Morgan fingerprint density at radius 1 is 1.43 bits per heavy atom. The molecule has 0 bridgehead atoms. The molecule has 0 saturated carbocycles. The molecule has 76 valence electrons. The lowest BCUT2D eigenvalue weighted by Crippen LogP contribution is -2.14. The van der Waals surface area contributed by atoms with Crippen molar-refractivity contribution in [1.82, 2.24) is 0 Å². The molecule has 2 N–H and O–H groups in total. The first-order valence-corrected chi connectivity index (χ1v) is 4.58. The average molecular weight is 193 g/mol. The van der Waals surface area contributed by atoms with E-state index in [0.29, 0.717) is 6.61 Å². The second kappa shape index (κ2) is 4.65. The molecule has 3 nitrogen and oxygen atoms in total. The Balaban J connectivity index is 2.55. The summed E-state index contributed by atoms with van der Waals surface area (Å²) in [6.45, 7) is 4.45. The van der Waals surface area contributed by atoms with Gasteiger partial charge in [-0.3, -0.25) is 0 Å². The molecule has 1 rings (SSSR count). The highest BCUT2D eigenvalue weighted by molar-refractivity contribution is 5.64. The van der Waals surface area contributed by atoms with Crippen molar-refractivity contribution >= 4 is 6.09 Å². The van der Waals surface area contributed by atoms with Gasteiger partial charge in [-0.15, -0.1) is 0 Å². The van der Waals surface area contributed by atoms with Crippen molar-refractivity contribution in [3.63, 3.8) is 0 Å². The molecule has 0 spiro atoms. The van der Waals surface area contributed by atoms with Crippen LogP contribution in [0, 0.1) is 13.8 Å². The van der Waals surface area contributed by atoms with Crippen LogP contribution in [0.15, 0.2) is 18.2 Å². The largest absolute Gasteiger partial charge is 0.449 e. The molecule has 0 saturated heterocycles. The number of benzene rings is 1. The number of carbonyl (C=O) groups excluding carboxylic acids is 1. The summed E-state index contributed by atoms with van der Waals surface area (Å²) < 4.78 is 4.67. The molecule has 0 radical (unpaired) electrons. The van der Waals surface area contributed by atoms with Crippen molar-refractivity contribution in [2.75, 3.05) is 6.61 Å². The Kier molecular flexibility index (Phi) is 3.51. The van der Waals surface area contributed by atoms with Gasteiger partial charge in [-0.05, 0) is 25.0 Å². The normalized spacial score (nSPS) is 9.86. The van der Waals surface area contributed by atoms with E-state index in [9.17, 15) is 4.79 Å². The number of hydrogen-bond acceptors (Lipinski definition) is 2. The van der Waals surface area contributed by atoms with Gasteiger partial charge in [0, 0.05) is 6.42 Å². The molecule has 14 heavy (non-hydrogen) atoms. The van der Waals surface area contributed by atoms with Crippen molar-refractivity contribution < 1.29 is 9.53 Å². The second-order valence-electron chi connectivity index (χ2n) is 3.35. The lowest BCUT2D eigenvalue weighted by molar-refractivity contribution is 0.158. The van der Waals surface area contributed by atoms with Gasteiger partial charge in [-0.2, -0.15) is 0 Å². The zero-order valence-corrected chi connectivity index (χ0v) is 8.54. The van der Waals surface area contributed by atoms with Crippen molar-refractivity contribution in [2.24, 2.45) is 5.73 Å². The summed E-state index contributed by atoms with van der Waals surface area (Å²) >= 11 is 0. The van der Waals surface area contributed by atoms with Crippen LogP contribution in [-0.4, -0.2) is 12.7 Å². The standard InChI is InChI=1S/C11H15NO2/c1-8-3-4-10(9(2)7-8)5-6-14-11(12)13/h3-4,7H,5-6H2,1-2H3,(H2,12,13). The highest BCUT2D eigenvalue weighted by atomic mass is 16.5. The highest BCUT2D eigenvalue weighted by Crippen LogP contribution is 2.10. The van der Waals surface area contributed by atoms with Gasteiger partial charge in [0.1, 0.15) is 0 Å². The molecule has 0 atom stereocenters. The Bertz CT molecular complexity index is 334. The van der Waals surface area contributed by atoms with Crippen LogP contribution in [-0.2, 0) is 11.2 Å². The molecule has 0 fully saturated rings. The van der Waals surface area contributed by atoms with Gasteiger partial charge in [0.15, 0.2) is 0 Å². The van der Waals surface area contributed by atoms with E-state index in [4.69, 9.17) is 5.73 Å². The van der Waals surface area contributed by atoms with Gasteiger partial charge in [-0.1, -0.05) is 23.8 Å². The van der Waals surface area contributed by atoms with E-state index < -0.39 is 6.09 Å². The van der Waals surface area contributed by atoms with Gasteiger partial charge in [-0.25, -0.2) is 4.79 Å². The number of amides is 1. The van der Waals surface area contributed by atoms with E-state index in [-0.39, 0.29) is 0 Å². The maximum Gasteiger partial charge on any atom is 0.404 e. The minimum atomic E-state index is -0.713. The predicted octanol–water partition coefficient (Wildman–Crippen LogP) is 1.94. The smallest absolute Gasteiger partial charge is 0.404 e. The van der Waals surface area contributed by atoms with Gasteiger partial charge >= 0.3 is 6.09 Å². The Labute approximate surface area is 83.9 Å². The second-order valence-corrected chi connectivity index (χ2v) is 3.35. The maximum absolute atomic E-state index is 10.3. The lowest BCUT2D eigenvalue weighted by atomic mass is 10.0.